The van der Waals surface area contributed by atoms with Crippen molar-refractivity contribution in [3.8, 4) is 0 Å². The number of hydrogen-bond acceptors (Lipinski definition) is 4. The number of nitrogens with two attached hydrogens (primary N) is 1. The predicted octanol–water partition coefficient (Wildman–Crippen LogP) is 0.492. The van der Waals surface area contributed by atoms with Crippen molar-refractivity contribution in [3.05, 3.63) is 29.6 Å². The van der Waals surface area contributed by atoms with Crippen molar-refractivity contribution < 1.29 is 4.85 Å². The largest absolute Gasteiger partial charge is 0.594 e. The van der Waals surface area contributed by atoms with E-state index in [4.69, 9.17) is 5.73 Å². The molecule has 5 nitrogen and oxygen atoms in total. The number of nitrogens with zero attached hydrogens (tertiary/aromatic N) is 2. The third-order valence-electron chi connectivity index (χ3n) is 2.09. The van der Waals surface area contributed by atoms with Gasteiger partial charge in [0, 0.05) is 29.3 Å². The molecule has 2 rings (SSSR count). The van der Waals surface area contributed by atoms with Crippen LogP contribution in [-0.2, 0) is 0 Å². The van der Waals surface area contributed by atoms with Gasteiger partial charge in [0.05, 0.1) is 5.69 Å². The first kappa shape index (κ1) is 8.55. The van der Waals surface area contributed by atoms with Crippen molar-refractivity contribution in [1.82, 2.24) is 5.10 Å². The zero-order valence-corrected chi connectivity index (χ0v) is 7.69. The molecule has 72 valence electrons. The minimum absolute atomic E-state index is 0.516. The number of rotatable bonds is 1. The van der Waals surface area contributed by atoms with Crippen molar-refractivity contribution in [3.63, 3.8) is 0 Å². The fourth-order valence-corrected chi connectivity index (χ4v) is 1.38. The fraction of sp³-hybridized carbons (Fsp3) is 0.111. The minimum atomic E-state index is 0.516. The molecular weight excluding hydrogens is 180 g/mol. The lowest BCUT2D eigenvalue weighted by Crippen LogP contribution is -2.30. The molecule has 2 aromatic rings. The van der Waals surface area contributed by atoms with Crippen molar-refractivity contribution in [2.45, 2.75) is 0 Å². The first-order valence-corrected chi connectivity index (χ1v) is 4.19. The maximum Gasteiger partial charge on any atom is 0.210 e. The molecule has 0 fully saturated rings. The summed E-state index contributed by atoms with van der Waals surface area (Å²) in [6, 6.07) is 5.24. The van der Waals surface area contributed by atoms with E-state index in [9.17, 15) is 5.21 Å². The first-order valence-electron chi connectivity index (χ1n) is 4.19. The second-order valence-corrected chi connectivity index (χ2v) is 2.93. The Kier molecular flexibility index (Phi) is 1.85. The molecule has 3 N–H and O–H groups in total. The summed E-state index contributed by atoms with van der Waals surface area (Å²) in [7, 11) is 1.77. The normalized spacial score (nSPS) is 10.4. The summed E-state index contributed by atoms with van der Waals surface area (Å²) in [6.07, 6.45) is 1.33. The highest BCUT2D eigenvalue weighted by molar-refractivity contribution is 5.97. The van der Waals surface area contributed by atoms with Crippen molar-refractivity contribution >= 4 is 22.3 Å². The van der Waals surface area contributed by atoms with Crippen LogP contribution in [0.4, 0.5) is 11.4 Å². The molecule has 0 amide bonds. The lowest BCUT2D eigenvalue weighted by Gasteiger charge is -2.05. The van der Waals surface area contributed by atoms with Gasteiger partial charge in [-0.2, -0.15) is 0 Å². The van der Waals surface area contributed by atoms with Crippen molar-refractivity contribution in [2.24, 2.45) is 0 Å². The monoisotopic (exact) mass is 190 g/mol. The molecule has 0 spiro atoms. The van der Waals surface area contributed by atoms with Gasteiger partial charge < -0.3 is 16.3 Å². The van der Waals surface area contributed by atoms with Gasteiger partial charge in [-0.15, -0.1) is 0 Å². The van der Waals surface area contributed by atoms with Crippen LogP contribution in [-0.4, -0.2) is 12.1 Å². The lowest BCUT2D eigenvalue weighted by atomic mass is 10.2. The smallest absolute Gasteiger partial charge is 0.210 e. The molecule has 1 aromatic carbocycles. The Morgan fingerprint density at radius 1 is 1.43 bits per heavy atom. The van der Waals surface area contributed by atoms with Crippen LogP contribution in [0, 0.1) is 5.21 Å². The van der Waals surface area contributed by atoms with E-state index < -0.39 is 0 Å². The molecule has 1 heterocycles. The summed E-state index contributed by atoms with van der Waals surface area (Å²) in [5, 5.41) is 18.6. The standard InChI is InChI=1S/C9H10N4O/c1-11-8-3-2-7(10)6-4-5-13(14)12-9(6)8/h2-5,11H,10H2,1H3. The maximum absolute atomic E-state index is 11.0. The Balaban J connectivity index is 2.85. The van der Waals surface area contributed by atoms with Gasteiger partial charge in [-0.05, 0) is 12.1 Å². The number of benzene rings is 1. The molecule has 0 aliphatic rings. The number of aromatic nitrogens is 2. The van der Waals surface area contributed by atoms with Crippen LogP contribution in [0.5, 0.6) is 0 Å². The molecule has 0 saturated carbocycles. The van der Waals surface area contributed by atoms with Gasteiger partial charge in [-0.3, -0.25) is 0 Å². The van der Waals surface area contributed by atoms with Crippen molar-refractivity contribution in [1.29, 1.82) is 0 Å². The number of anilines is 2. The van der Waals surface area contributed by atoms with E-state index in [0.29, 0.717) is 16.0 Å². The van der Waals surface area contributed by atoms with Crippen LogP contribution in [0.3, 0.4) is 0 Å². The second-order valence-electron chi connectivity index (χ2n) is 2.93. The van der Waals surface area contributed by atoms with Gasteiger partial charge in [0.2, 0.25) is 6.20 Å². The van der Waals surface area contributed by atoms with Gasteiger partial charge in [0.1, 0.15) is 0 Å². The third-order valence-corrected chi connectivity index (χ3v) is 2.09. The van der Waals surface area contributed by atoms with E-state index >= 15 is 0 Å². The maximum atomic E-state index is 11.0. The molecule has 5 heteroatoms. The Bertz CT molecular complexity index is 483. The van der Waals surface area contributed by atoms with Gasteiger partial charge in [-0.1, -0.05) is 4.85 Å². The average Bonchev–Trinajstić information content (AvgIpc) is 2.18. The highest BCUT2D eigenvalue weighted by Gasteiger charge is 2.07. The summed E-state index contributed by atoms with van der Waals surface area (Å²) in [4.78, 5) is 0.516. The molecule has 0 saturated heterocycles. The Morgan fingerprint density at radius 3 is 2.93 bits per heavy atom. The number of nitrogen functional groups attached to an aromatic ring is 1. The topological polar surface area (TPSA) is 77.9 Å². The molecular formula is C9H10N4O. The number of fused-ring (bicyclic) bond motifs is 1. The van der Waals surface area contributed by atoms with E-state index in [1.807, 2.05) is 0 Å². The molecule has 1 aromatic heterocycles. The quantitative estimate of drug-likeness (QED) is 0.390. The van der Waals surface area contributed by atoms with Gasteiger partial charge >= 0.3 is 0 Å². The van der Waals surface area contributed by atoms with E-state index in [-0.39, 0.29) is 0 Å². The van der Waals surface area contributed by atoms with Gasteiger partial charge in [0.25, 0.3) is 0 Å². The van der Waals surface area contributed by atoms with Gasteiger partial charge in [-0.25, -0.2) is 0 Å². The number of nitrogens with one attached hydrogen (secondary N) is 1. The highest BCUT2D eigenvalue weighted by atomic mass is 16.5. The van der Waals surface area contributed by atoms with E-state index in [1.54, 1.807) is 25.2 Å². The van der Waals surface area contributed by atoms with E-state index in [2.05, 4.69) is 10.4 Å². The number of hydrogen-bond donors (Lipinski definition) is 2. The summed E-state index contributed by atoms with van der Waals surface area (Å²) >= 11 is 0. The van der Waals surface area contributed by atoms with Crippen molar-refractivity contribution in [2.75, 3.05) is 18.1 Å². The molecule has 0 atom stereocenters. The van der Waals surface area contributed by atoms with Crippen LogP contribution >= 0.6 is 0 Å². The summed E-state index contributed by atoms with van der Waals surface area (Å²) in [5.74, 6) is 0. The van der Waals surface area contributed by atoms with Gasteiger partial charge in [0.15, 0.2) is 5.52 Å². The van der Waals surface area contributed by atoms with Crippen LogP contribution in [0.2, 0.25) is 0 Å². The molecule has 14 heavy (non-hydrogen) atoms. The predicted molar refractivity (Wildman–Crippen MR) is 54.7 cm³/mol. The molecule has 0 unspecified atom stereocenters. The molecule has 0 aliphatic carbocycles. The summed E-state index contributed by atoms with van der Waals surface area (Å²) in [5.41, 5.74) is 7.75. The molecule has 0 bridgehead atoms. The molecule has 0 aliphatic heterocycles. The molecule has 0 radical (unpaired) electrons. The first-order chi connectivity index (χ1) is 6.72. The average molecular weight is 190 g/mol. The summed E-state index contributed by atoms with van der Waals surface area (Å²) in [6.45, 7) is 0. The highest BCUT2D eigenvalue weighted by Crippen LogP contribution is 2.24. The van der Waals surface area contributed by atoms with Crippen LogP contribution in [0.25, 0.3) is 10.9 Å². The zero-order valence-electron chi connectivity index (χ0n) is 7.69. The zero-order chi connectivity index (χ0) is 10.1. The minimum Gasteiger partial charge on any atom is -0.594 e. The van der Waals surface area contributed by atoms with Crippen LogP contribution in [0.1, 0.15) is 0 Å². The van der Waals surface area contributed by atoms with E-state index in [0.717, 1.165) is 11.1 Å². The van der Waals surface area contributed by atoms with E-state index in [1.165, 1.54) is 6.20 Å². The fourth-order valence-electron chi connectivity index (χ4n) is 1.38. The Hall–Kier alpha value is -2.04. The van der Waals surface area contributed by atoms with Crippen LogP contribution < -0.4 is 15.9 Å². The third kappa shape index (κ3) is 1.19. The second kappa shape index (κ2) is 3.02. The summed E-state index contributed by atoms with van der Waals surface area (Å²) < 4.78 is 0. The SMILES string of the molecule is CNc1ccc(N)c2cc[n+]([O-])nc12. The van der Waals surface area contributed by atoms with Crippen LogP contribution in [0.15, 0.2) is 24.4 Å². The Morgan fingerprint density at radius 2 is 2.21 bits per heavy atom. The Labute approximate surface area is 80.7 Å². The lowest BCUT2D eigenvalue weighted by molar-refractivity contribution is -0.666.